The van der Waals surface area contributed by atoms with Crippen molar-refractivity contribution in [3.8, 4) is 0 Å². The lowest BCUT2D eigenvalue weighted by Gasteiger charge is -2.26. The van der Waals surface area contributed by atoms with Crippen LogP contribution in [0.25, 0.3) is 0 Å². The number of hydrogen-bond donors (Lipinski definition) is 2. The van der Waals surface area contributed by atoms with E-state index in [0.29, 0.717) is 12.0 Å². The van der Waals surface area contributed by atoms with Crippen molar-refractivity contribution in [3.05, 3.63) is 0 Å². The standard InChI is InChI=1S/C13H26N2O2/c1-10(2)8-12(13(16)17-3)15-9-11-6-4-5-7-14-11/h10-12,14-15H,4-9H2,1-3H3. The van der Waals surface area contributed by atoms with Crippen LogP contribution in [0.4, 0.5) is 0 Å². The van der Waals surface area contributed by atoms with Crippen molar-refractivity contribution in [2.45, 2.75) is 51.6 Å². The first-order valence-corrected chi connectivity index (χ1v) is 6.68. The number of nitrogens with one attached hydrogen (secondary N) is 2. The number of hydrogen-bond acceptors (Lipinski definition) is 4. The molecule has 0 amide bonds. The van der Waals surface area contributed by atoms with E-state index in [4.69, 9.17) is 4.74 Å². The minimum atomic E-state index is -0.163. The maximum Gasteiger partial charge on any atom is 0.322 e. The van der Waals surface area contributed by atoms with Gasteiger partial charge in [0, 0.05) is 12.6 Å². The van der Waals surface area contributed by atoms with Crippen LogP contribution >= 0.6 is 0 Å². The van der Waals surface area contributed by atoms with E-state index < -0.39 is 0 Å². The maximum absolute atomic E-state index is 11.6. The number of rotatable bonds is 6. The Kier molecular flexibility index (Phi) is 6.52. The Bertz CT molecular complexity index is 225. The predicted octanol–water partition coefficient (Wildman–Crippen LogP) is 1.31. The van der Waals surface area contributed by atoms with Gasteiger partial charge < -0.3 is 15.4 Å². The Hall–Kier alpha value is -0.610. The molecule has 0 saturated carbocycles. The van der Waals surface area contributed by atoms with Crippen molar-refractivity contribution in [3.63, 3.8) is 0 Å². The van der Waals surface area contributed by atoms with Crippen LogP contribution in [0.15, 0.2) is 0 Å². The summed E-state index contributed by atoms with van der Waals surface area (Å²) in [6.07, 6.45) is 4.58. The molecule has 2 N–H and O–H groups in total. The van der Waals surface area contributed by atoms with Crippen LogP contribution in [-0.4, -0.2) is 38.3 Å². The van der Waals surface area contributed by atoms with Crippen LogP contribution in [-0.2, 0) is 9.53 Å². The number of methoxy groups -OCH3 is 1. The molecular formula is C13H26N2O2. The summed E-state index contributed by atoms with van der Waals surface area (Å²) in [6, 6.07) is 0.340. The lowest BCUT2D eigenvalue weighted by molar-refractivity contribution is -0.143. The minimum Gasteiger partial charge on any atom is -0.468 e. The van der Waals surface area contributed by atoms with Crippen molar-refractivity contribution < 1.29 is 9.53 Å². The number of carbonyl (C=O) groups is 1. The van der Waals surface area contributed by atoms with Gasteiger partial charge in [0.1, 0.15) is 6.04 Å². The van der Waals surface area contributed by atoms with E-state index in [0.717, 1.165) is 19.5 Å². The molecule has 1 heterocycles. The molecule has 2 unspecified atom stereocenters. The van der Waals surface area contributed by atoms with E-state index in [1.54, 1.807) is 0 Å². The summed E-state index contributed by atoms with van der Waals surface area (Å²) in [5.74, 6) is 0.348. The molecule has 17 heavy (non-hydrogen) atoms. The van der Waals surface area contributed by atoms with Gasteiger partial charge in [0.05, 0.1) is 7.11 Å². The molecule has 1 aliphatic rings. The zero-order valence-corrected chi connectivity index (χ0v) is 11.3. The van der Waals surface area contributed by atoms with E-state index in [1.807, 2.05) is 0 Å². The zero-order valence-electron chi connectivity index (χ0n) is 11.3. The summed E-state index contributed by atoms with van der Waals surface area (Å²) in [4.78, 5) is 11.6. The fourth-order valence-electron chi connectivity index (χ4n) is 2.26. The van der Waals surface area contributed by atoms with E-state index in [9.17, 15) is 4.79 Å². The van der Waals surface area contributed by atoms with E-state index in [-0.39, 0.29) is 12.0 Å². The summed E-state index contributed by atoms with van der Waals surface area (Å²) in [7, 11) is 1.45. The van der Waals surface area contributed by atoms with Crippen molar-refractivity contribution in [2.24, 2.45) is 5.92 Å². The summed E-state index contributed by atoms with van der Waals surface area (Å²) in [5, 5.41) is 6.80. The first-order valence-electron chi connectivity index (χ1n) is 6.68. The van der Waals surface area contributed by atoms with Gasteiger partial charge in [0.25, 0.3) is 0 Å². The molecular weight excluding hydrogens is 216 g/mol. The third-order valence-corrected chi connectivity index (χ3v) is 3.22. The van der Waals surface area contributed by atoms with Crippen LogP contribution in [0.1, 0.15) is 39.5 Å². The fraction of sp³-hybridized carbons (Fsp3) is 0.923. The van der Waals surface area contributed by atoms with E-state index >= 15 is 0 Å². The third-order valence-electron chi connectivity index (χ3n) is 3.22. The Morgan fingerprint density at radius 3 is 2.76 bits per heavy atom. The fourth-order valence-corrected chi connectivity index (χ4v) is 2.26. The lowest BCUT2D eigenvalue weighted by atomic mass is 10.0. The number of esters is 1. The lowest BCUT2D eigenvalue weighted by Crippen LogP contribution is -2.47. The highest BCUT2D eigenvalue weighted by atomic mass is 16.5. The van der Waals surface area contributed by atoms with Gasteiger partial charge in [0.15, 0.2) is 0 Å². The van der Waals surface area contributed by atoms with Gasteiger partial charge in [0.2, 0.25) is 0 Å². The molecule has 1 fully saturated rings. The van der Waals surface area contributed by atoms with Crippen molar-refractivity contribution in [1.82, 2.24) is 10.6 Å². The van der Waals surface area contributed by atoms with Gasteiger partial charge in [-0.25, -0.2) is 0 Å². The molecule has 0 spiro atoms. The Morgan fingerprint density at radius 1 is 1.47 bits per heavy atom. The largest absolute Gasteiger partial charge is 0.468 e. The van der Waals surface area contributed by atoms with Gasteiger partial charge in [-0.3, -0.25) is 4.79 Å². The van der Waals surface area contributed by atoms with Gasteiger partial charge >= 0.3 is 5.97 Å². The molecule has 1 rings (SSSR count). The molecule has 0 radical (unpaired) electrons. The SMILES string of the molecule is COC(=O)C(CC(C)C)NCC1CCCCN1. The first-order chi connectivity index (χ1) is 8.13. The number of carbonyl (C=O) groups excluding carboxylic acids is 1. The average molecular weight is 242 g/mol. The number of ether oxygens (including phenoxy) is 1. The van der Waals surface area contributed by atoms with Crippen molar-refractivity contribution in [1.29, 1.82) is 0 Å². The minimum absolute atomic E-state index is 0.144. The highest BCUT2D eigenvalue weighted by molar-refractivity contribution is 5.75. The Labute approximate surface area is 104 Å². The van der Waals surface area contributed by atoms with E-state index in [1.165, 1.54) is 26.4 Å². The normalized spacial score (nSPS) is 22.5. The van der Waals surface area contributed by atoms with Gasteiger partial charge in [-0.1, -0.05) is 20.3 Å². The predicted molar refractivity (Wildman–Crippen MR) is 68.9 cm³/mol. The first kappa shape index (κ1) is 14.5. The molecule has 0 aromatic rings. The monoisotopic (exact) mass is 242 g/mol. The quantitative estimate of drug-likeness (QED) is 0.690. The molecule has 2 atom stereocenters. The smallest absolute Gasteiger partial charge is 0.322 e. The molecule has 100 valence electrons. The second kappa shape index (κ2) is 7.67. The second-order valence-electron chi connectivity index (χ2n) is 5.26. The highest BCUT2D eigenvalue weighted by Crippen LogP contribution is 2.09. The van der Waals surface area contributed by atoms with Crippen LogP contribution in [0, 0.1) is 5.92 Å². The molecule has 0 aromatic heterocycles. The molecule has 0 aliphatic carbocycles. The highest BCUT2D eigenvalue weighted by Gasteiger charge is 2.21. The molecule has 4 heteroatoms. The average Bonchev–Trinajstić information content (AvgIpc) is 2.34. The van der Waals surface area contributed by atoms with E-state index in [2.05, 4.69) is 24.5 Å². The second-order valence-corrected chi connectivity index (χ2v) is 5.26. The van der Waals surface area contributed by atoms with Gasteiger partial charge in [-0.05, 0) is 31.7 Å². The molecule has 1 saturated heterocycles. The van der Waals surface area contributed by atoms with Gasteiger partial charge in [-0.2, -0.15) is 0 Å². The molecule has 0 bridgehead atoms. The van der Waals surface area contributed by atoms with Crippen LogP contribution in [0.2, 0.25) is 0 Å². The van der Waals surface area contributed by atoms with Gasteiger partial charge in [-0.15, -0.1) is 0 Å². The van der Waals surface area contributed by atoms with Crippen LogP contribution in [0.3, 0.4) is 0 Å². The third kappa shape index (κ3) is 5.50. The van der Waals surface area contributed by atoms with Crippen molar-refractivity contribution >= 4 is 5.97 Å². The Morgan fingerprint density at radius 2 is 2.24 bits per heavy atom. The van der Waals surface area contributed by atoms with Crippen molar-refractivity contribution in [2.75, 3.05) is 20.2 Å². The summed E-state index contributed by atoms with van der Waals surface area (Å²) in [5.41, 5.74) is 0. The van der Waals surface area contributed by atoms with Crippen LogP contribution in [0.5, 0.6) is 0 Å². The molecule has 0 aromatic carbocycles. The Balaban J connectivity index is 2.34. The van der Waals surface area contributed by atoms with Crippen LogP contribution < -0.4 is 10.6 Å². The molecule has 1 aliphatic heterocycles. The number of piperidine rings is 1. The maximum atomic E-state index is 11.6. The zero-order chi connectivity index (χ0) is 12.7. The topological polar surface area (TPSA) is 50.4 Å². The summed E-state index contributed by atoms with van der Waals surface area (Å²) in [6.45, 7) is 6.19. The molecule has 4 nitrogen and oxygen atoms in total. The summed E-state index contributed by atoms with van der Waals surface area (Å²) < 4.78 is 4.83. The summed E-state index contributed by atoms with van der Waals surface area (Å²) >= 11 is 0.